The van der Waals surface area contributed by atoms with Crippen LogP contribution in [0.1, 0.15) is 42.6 Å². The minimum Gasteiger partial charge on any atom is -0.453 e. The molecule has 1 fully saturated rings. The molecule has 2 aromatic rings. The van der Waals surface area contributed by atoms with E-state index in [-0.39, 0.29) is 6.04 Å². The maximum atomic E-state index is 5.60. The Kier molecular flexibility index (Phi) is 3.54. The zero-order chi connectivity index (χ0) is 12.5. The molecule has 2 aromatic heterocycles. The molecule has 2 heterocycles. The Morgan fingerprint density at radius 3 is 2.89 bits per heavy atom. The van der Waals surface area contributed by atoms with Gasteiger partial charge < -0.3 is 4.42 Å². The lowest BCUT2D eigenvalue weighted by molar-refractivity contribution is 0.365. The lowest BCUT2D eigenvalue weighted by atomic mass is 10.1. The van der Waals surface area contributed by atoms with Gasteiger partial charge in [0.15, 0.2) is 4.67 Å². The third-order valence-corrected chi connectivity index (χ3v) is 4.55. The molecule has 1 aliphatic rings. The lowest BCUT2D eigenvalue weighted by Crippen LogP contribution is -2.25. The number of hydrogen-bond donors (Lipinski definition) is 1. The summed E-state index contributed by atoms with van der Waals surface area (Å²) in [6.45, 7) is 2.13. The van der Waals surface area contributed by atoms with E-state index in [1.807, 2.05) is 23.7 Å². The molecule has 0 unspecified atom stereocenters. The Labute approximate surface area is 119 Å². The zero-order valence-corrected chi connectivity index (χ0v) is 12.5. The van der Waals surface area contributed by atoms with Crippen molar-refractivity contribution in [2.45, 2.75) is 31.8 Å². The third kappa shape index (κ3) is 2.68. The fourth-order valence-corrected chi connectivity index (χ4v) is 3.25. The van der Waals surface area contributed by atoms with Crippen LogP contribution in [0.2, 0.25) is 0 Å². The summed E-state index contributed by atoms with van der Waals surface area (Å²) in [5, 5.41) is 6.88. The first kappa shape index (κ1) is 12.4. The minimum atomic E-state index is 0.200. The van der Waals surface area contributed by atoms with Crippen molar-refractivity contribution in [2.75, 3.05) is 0 Å². The van der Waals surface area contributed by atoms with Gasteiger partial charge in [0.25, 0.3) is 0 Å². The van der Waals surface area contributed by atoms with Gasteiger partial charge in [0.05, 0.1) is 12.1 Å². The molecule has 5 heteroatoms. The maximum Gasteiger partial charge on any atom is 0.169 e. The summed E-state index contributed by atoms with van der Waals surface area (Å²) in [5.41, 5.74) is 0. The highest BCUT2D eigenvalue weighted by atomic mass is 79.9. The van der Waals surface area contributed by atoms with Crippen molar-refractivity contribution < 1.29 is 4.42 Å². The molecule has 1 aliphatic carbocycles. The van der Waals surface area contributed by atoms with Crippen molar-refractivity contribution in [3.8, 4) is 0 Å². The van der Waals surface area contributed by atoms with E-state index < -0.39 is 0 Å². The third-order valence-electron chi connectivity index (χ3n) is 3.26. The summed E-state index contributed by atoms with van der Waals surface area (Å²) in [5.74, 6) is 1.70. The lowest BCUT2D eigenvalue weighted by Gasteiger charge is -2.20. The van der Waals surface area contributed by atoms with Crippen molar-refractivity contribution in [3.63, 3.8) is 0 Å². The molecule has 0 amide bonds. The van der Waals surface area contributed by atoms with Gasteiger partial charge in [0.1, 0.15) is 10.8 Å². The number of hydrogen-bond acceptors (Lipinski definition) is 4. The van der Waals surface area contributed by atoms with Crippen molar-refractivity contribution in [1.29, 1.82) is 0 Å². The summed E-state index contributed by atoms with van der Waals surface area (Å²) in [6, 6.07) is 4.51. The van der Waals surface area contributed by atoms with Gasteiger partial charge in [-0.3, -0.25) is 5.32 Å². The van der Waals surface area contributed by atoms with Crippen molar-refractivity contribution >= 4 is 27.3 Å². The fraction of sp³-hybridized carbons (Fsp3) is 0.462. The largest absolute Gasteiger partial charge is 0.453 e. The topological polar surface area (TPSA) is 38.1 Å². The molecule has 0 spiro atoms. The molecule has 2 atom stereocenters. The van der Waals surface area contributed by atoms with Crippen LogP contribution in [0.25, 0.3) is 0 Å². The molecule has 96 valence electrons. The smallest absolute Gasteiger partial charge is 0.169 e. The van der Waals surface area contributed by atoms with Gasteiger partial charge in [-0.15, -0.1) is 11.3 Å². The second kappa shape index (κ2) is 5.15. The number of rotatable bonds is 5. The van der Waals surface area contributed by atoms with Crippen LogP contribution in [0.5, 0.6) is 0 Å². The number of thiazole rings is 1. The average molecular weight is 327 g/mol. The van der Waals surface area contributed by atoms with Crippen molar-refractivity contribution in [2.24, 2.45) is 5.92 Å². The molecule has 0 aromatic carbocycles. The SMILES string of the molecule is C[C@@H](N[C@@H](c1nccs1)C1CC1)c1ccc(Br)o1. The van der Waals surface area contributed by atoms with Gasteiger partial charge in [-0.25, -0.2) is 4.98 Å². The summed E-state index contributed by atoms with van der Waals surface area (Å²) < 4.78 is 6.38. The highest BCUT2D eigenvalue weighted by molar-refractivity contribution is 9.10. The number of halogens is 1. The monoisotopic (exact) mass is 326 g/mol. The average Bonchev–Trinajstić information content (AvgIpc) is 2.88. The summed E-state index contributed by atoms with van der Waals surface area (Å²) in [6.07, 6.45) is 4.48. The molecule has 3 rings (SSSR count). The molecule has 0 bridgehead atoms. The first-order valence-electron chi connectivity index (χ1n) is 6.14. The van der Waals surface area contributed by atoms with Crippen LogP contribution in [0.3, 0.4) is 0 Å². The van der Waals surface area contributed by atoms with E-state index in [1.54, 1.807) is 11.3 Å². The maximum absolute atomic E-state index is 5.60. The van der Waals surface area contributed by atoms with Gasteiger partial charge in [-0.2, -0.15) is 0 Å². The molecule has 0 aliphatic heterocycles. The van der Waals surface area contributed by atoms with Crippen molar-refractivity contribution in [1.82, 2.24) is 10.3 Å². The van der Waals surface area contributed by atoms with E-state index >= 15 is 0 Å². The molecule has 0 radical (unpaired) electrons. The second-order valence-corrected chi connectivity index (χ2v) is 6.42. The Morgan fingerprint density at radius 1 is 1.50 bits per heavy atom. The van der Waals surface area contributed by atoms with E-state index in [0.717, 1.165) is 16.3 Å². The van der Waals surface area contributed by atoms with Crippen LogP contribution in [0.15, 0.2) is 32.8 Å². The zero-order valence-electron chi connectivity index (χ0n) is 10.1. The van der Waals surface area contributed by atoms with Gasteiger partial charge in [-0.1, -0.05) is 0 Å². The van der Waals surface area contributed by atoms with Crippen LogP contribution in [-0.2, 0) is 0 Å². The first-order chi connectivity index (χ1) is 8.74. The fourth-order valence-electron chi connectivity index (χ4n) is 2.14. The molecule has 0 saturated heterocycles. The number of nitrogens with zero attached hydrogens (tertiary/aromatic N) is 1. The standard InChI is InChI=1S/C13H15BrN2OS/c1-8(10-4-5-11(14)17-10)16-12(9-2-3-9)13-15-6-7-18-13/h4-9,12,16H,2-3H2,1H3/t8-,12-/m1/s1. The Balaban J connectivity index is 1.73. The molecule has 18 heavy (non-hydrogen) atoms. The van der Waals surface area contributed by atoms with Crippen LogP contribution in [0, 0.1) is 5.92 Å². The van der Waals surface area contributed by atoms with Crippen LogP contribution in [0.4, 0.5) is 0 Å². The Bertz CT molecular complexity index is 507. The minimum absolute atomic E-state index is 0.200. The number of aromatic nitrogens is 1. The summed E-state index contributed by atoms with van der Waals surface area (Å²) in [7, 11) is 0. The van der Waals surface area contributed by atoms with Gasteiger partial charge in [-0.05, 0) is 53.7 Å². The molecule has 1 saturated carbocycles. The van der Waals surface area contributed by atoms with Gasteiger partial charge in [0.2, 0.25) is 0 Å². The highest BCUT2D eigenvalue weighted by Gasteiger charge is 2.35. The normalized spacial score (nSPS) is 18.8. The number of nitrogens with one attached hydrogen (secondary N) is 1. The molecular weight excluding hydrogens is 312 g/mol. The van der Waals surface area contributed by atoms with Crippen LogP contribution >= 0.6 is 27.3 Å². The van der Waals surface area contributed by atoms with Crippen LogP contribution < -0.4 is 5.32 Å². The predicted molar refractivity (Wildman–Crippen MR) is 75.5 cm³/mol. The van der Waals surface area contributed by atoms with E-state index in [1.165, 1.54) is 17.8 Å². The molecule has 3 nitrogen and oxygen atoms in total. The first-order valence-corrected chi connectivity index (χ1v) is 7.82. The summed E-state index contributed by atoms with van der Waals surface area (Å²) >= 11 is 5.07. The quantitative estimate of drug-likeness (QED) is 0.890. The Hall–Kier alpha value is -0.650. The summed E-state index contributed by atoms with van der Waals surface area (Å²) in [4.78, 5) is 4.45. The number of furan rings is 1. The van der Waals surface area contributed by atoms with Gasteiger partial charge >= 0.3 is 0 Å². The van der Waals surface area contributed by atoms with Crippen LogP contribution in [-0.4, -0.2) is 4.98 Å². The van der Waals surface area contributed by atoms with E-state index in [9.17, 15) is 0 Å². The van der Waals surface area contributed by atoms with E-state index in [2.05, 4.69) is 33.2 Å². The van der Waals surface area contributed by atoms with Gasteiger partial charge in [0, 0.05) is 11.6 Å². The molecule has 1 N–H and O–H groups in total. The Morgan fingerprint density at radius 2 is 2.33 bits per heavy atom. The second-order valence-electron chi connectivity index (χ2n) is 4.72. The predicted octanol–water partition coefficient (Wildman–Crippen LogP) is 4.30. The van der Waals surface area contributed by atoms with E-state index in [4.69, 9.17) is 4.42 Å². The van der Waals surface area contributed by atoms with Crippen molar-refractivity contribution in [3.05, 3.63) is 39.1 Å². The molecular formula is C13H15BrN2OS. The van der Waals surface area contributed by atoms with E-state index in [0.29, 0.717) is 6.04 Å². The highest BCUT2D eigenvalue weighted by Crippen LogP contribution is 2.42.